The molecule has 0 heterocycles. The number of hydrogen-bond donors (Lipinski definition) is 1. The maximum atomic E-state index is 13.2. The largest absolute Gasteiger partial charge is 0.388 e. The molecule has 0 aliphatic heterocycles. The lowest BCUT2D eigenvalue weighted by Gasteiger charge is -2.13. The number of aliphatic hydroxyl groups excluding tert-OH is 1. The van der Waals surface area contributed by atoms with Gasteiger partial charge < -0.3 is 5.11 Å². The van der Waals surface area contributed by atoms with Crippen LogP contribution in [0, 0.1) is 5.82 Å². The quantitative estimate of drug-likeness (QED) is 0.662. The van der Waals surface area contributed by atoms with Crippen LogP contribution >= 0.6 is 47.8 Å². The molecule has 1 nitrogen and oxygen atoms in total. The number of hydrogen-bond acceptors (Lipinski definition) is 1. The van der Waals surface area contributed by atoms with Gasteiger partial charge >= 0.3 is 0 Å². The van der Waals surface area contributed by atoms with E-state index in [1.807, 2.05) is 18.2 Å². The van der Waals surface area contributed by atoms with Gasteiger partial charge in [0.05, 0.1) is 6.10 Å². The van der Waals surface area contributed by atoms with Crippen LogP contribution in [0.3, 0.4) is 0 Å². The van der Waals surface area contributed by atoms with Crippen LogP contribution in [0.2, 0.25) is 0 Å². The average molecular weight is 453 g/mol. The second-order valence-corrected chi connectivity index (χ2v) is 6.84. The summed E-state index contributed by atoms with van der Waals surface area (Å²) in [7, 11) is 0. The molecule has 0 aromatic heterocycles. The first-order valence-corrected chi connectivity index (χ1v) is 7.91. The molecular formula is C14H10Br3FO. The first-order valence-electron chi connectivity index (χ1n) is 5.53. The van der Waals surface area contributed by atoms with Gasteiger partial charge in [-0.25, -0.2) is 4.39 Å². The van der Waals surface area contributed by atoms with E-state index in [1.54, 1.807) is 6.07 Å². The fraction of sp³-hybridized carbons (Fsp3) is 0.143. The molecule has 0 saturated heterocycles. The smallest absolute Gasteiger partial charge is 0.123 e. The fourth-order valence-corrected chi connectivity index (χ4v) is 3.53. The minimum Gasteiger partial charge on any atom is -0.388 e. The molecule has 2 rings (SSSR count). The Morgan fingerprint density at radius 1 is 1.00 bits per heavy atom. The van der Waals surface area contributed by atoms with Gasteiger partial charge in [-0.2, -0.15) is 0 Å². The van der Waals surface area contributed by atoms with Crippen molar-refractivity contribution in [1.29, 1.82) is 0 Å². The van der Waals surface area contributed by atoms with Crippen LogP contribution in [0.25, 0.3) is 0 Å². The molecule has 1 N–H and O–H groups in total. The summed E-state index contributed by atoms with van der Waals surface area (Å²) in [4.78, 5) is 0. The van der Waals surface area contributed by atoms with Crippen molar-refractivity contribution < 1.29 is 9.50 Å². The predicted octanol–water partition coefficient (Wildman–Crippen LogP) is 5.39. The highest BCUT2D eigenvalue weighted by molar-refractivity contribution is 9.11. The fourth-order valence-electron chi connectivity index (χ4n) is 1.79. The van der Waals surface area contributed by atoms with Crippen molar-refractivity contribution in [2.75, 3.05) is 0 Å². The molecule has 0 bridgehead atoms. The Hall–Kier alpha value is -0.230. The zero-order chi connectivity index (χ0) is 14.0. The number of benzene rings is 2. The van der Waals surface area contributed by atoms with E-state index < -0.39 is 6.10 Å². The highest BCUT2D eigenvalue weighted by Gasteiger charge is 2.12. The zero-order valence-electron chi connectivity index (χ0n) is 9.71. The van der Waals surface area contributed by atoms with Gasteiger partial charge in [-0.05, 0) is 47.5 Å². The SMILES string of the molecule is OC(Cc1cc(F)ccc1Br)c1cc(Br)cc(Br)c1. The van der Waals surface area contributed by atoms with Crippen LogP contribution in [0.4, 0.5) is 4.39 Å². The molecule has 0 amide bonds. The molecule has 100 valence electrons. The Balaban J connectivity index is 2.25. The lowest BCUT2D eigenvalue weighted by molar-refractivity contribution is 0.178. The summed E-state index contributed by atoms with van der Waals surface area (Å²) in [6, 6.07) is 10.1. The molecule has 0 aliphatic carbocycles. The molecule has 0 aliphatic rings. The third-order valence-electron chi connectivity index (χ3n) is 2.69. The van der Waals surface area contributed by atoms with E-state index in [2.05, 4.69) is 47.8 Å². The molecule has 2 aromatic rings. The first-order chi connectivity index (χ1) is 8.95. The highest BCUT2D eigenvalue weighted by atomic mass is 79.9. The Kier molecular flexibility index (Phi) is 5.17. The summed E-state index contributed by atoms with van der Waals surface area (Å²) in [6.45, 7) is 0. The summed E-state index contributed by atoms with van der Waals surface area (Å²) >= 11 is 10.1. The van der Waals surface area contributed by atoms with Crippen molar-refractivity contribution >= 4 is 47.8 Å². The highest BCUT2D eigenvalue weighted by Crippen LogP contribution is 2.28. The van der Waals surface area contributed by atoms with E-state index in [1.165, 1.54) is 12.1 Å². The van der Waals surface area contributed by atoms with Gasteiger partial charge in [0.25, 0.3) is 0 Å². The van der Waals surface area contributed by atoms with Gasteiger partial charge in [0.1, 0.15) is 5.82 Å². The topological polar surface area (TPSA) is 20.2 Å². The van der Waals surface area contributed by atoms with Crippen molar-refractivity contribution in [2.45, 2.75) is 12.5 Å². The van der Waals surface area contributed by atoms with Crippen molar-refractivity contribution in [2.24, 2.45) is 0 Å². The van der Waals surface area contributed by atoms with Gasteiger partial charge in [-0.3, -0.25) is 0 Å². The monoisotopic (exact) mass is 450 g/mol. The predicted molar refractivity (Wildman–Crippen MR) is 84.6 cm³/mol. The normalized spacial score (nSPS) is 12.5. The average Bonchev–Trinajstić information content (AvgIpc) is 2.32. The third kappa shape index (κ3) is 4.12. The number of rotatable bonds is 3. The Morgan fingerprint density at radius 2 is 1.63 bits per heavy atom. The van der Waals surface area contributed by atoms with Crippen LogP contribution in [0.1, 0.15) is 17.2 Å². The van der Waals surface area contributed by atoms with E-state index >= 15 is 0 Å². The van der Waals surface area contributed by atoms with Gasteiger partial charge in [0, 0.05) is 19.8 Å². The molecule has 0 spiro atoms. The minimum absolute atomic E-state index is 0.305. The van der Waals surface area contributed by atoms with E-state index in [-0.39, 0.29) is 5.82 Å². The van der Waals surface area contributed by atoms with Gasteiger partial charge in [0.15, 0.2) is 0 Å². The van der Waals surface area contributed by atoms with Crippen LogP contribution in [-0.2, 0) is 6.42 Å². The molecule has 19 heavy (non-hydrogen) atoms. The number of halogens is 4. The zero-order valence-corrected chi connectivity index (χ0v) is 14.5. The summed E-state index contributed by atoms with van der Waals surface area (Å²) in [5.41, 5.74) is 1.51. The van der Waals surface area contributed by atoms with Crippen LogP contribution in [-0.4, -0.2) is 5.11 Å². The third-order valence-corrected chi connectivity index (χ3v) is 4.38. The summed E-state index contributed by atoms with van der Waals surface area (Å²) in [6.07, 6.45) is -0.340. The molecule has 0 fully saturated rings. The standard InChI is InChI=1S/C14H10Br3FO/c15-10-3-9(4-11(16)7-10)14(19)6-8-5-12(18)1-2-13(8)17/h1-5,7,14,19H,6H2. The van der Waals surface area contributed by atoms with Gasteiger partial charge in [-0.1, -0.05) is 47.8 Å². The maximum Gasteiger partial charge on any atom is 0.123 e. The van der Waals surface area contributed by atoms with Crippen molar-refractivity contribution in [1.82, 2.24) is 0 Å². The first kappa shape index (κ1) is 15.2. The van der Waals surface area contributed by atoms with Gasteiger partial charge in [0.2, 0.25) is 0 Å². The van der Waals surface area contributed by atoms with Crippen LogP contribution in [0.15, 0.2) is 49.8 Å². The molecule has 5 heteroatoms. The van der Waals surface area contributed by atoms with E-state index in [4.69, 9.17) is 0 Å². The molecule has 0 radical (unpaired) electrons. The van der Waals surface area contributed by atoms with Crippen molar-refractivity contribution in [3.8, 4) is 0 Å². The maximum absolute atomic E-state index is 13.2. The molecule has 0 saturated carbocycles. The molecule has 1 unspecified atom stereocenters. The Bertz CT molecular complexity index is 581. The second kappa shape index (κ2) is 6.48. The van der Waals surface area contributed by atoms with E-state index in [9.17, 15) is 9.50 Å². The summed E-state index contributed by atoms with van der Waals surface area (Å²) in [5.74, 6) is -0.305. The summed E-state index contributed by atoms with van der Waals surface area (Å²) in [5, 5.41) is 10.3. The van der Waals surface area contributed by atoms with Gasteiger partial charge in [-0.15, -0.1) is 0 Å². The van der Waals surface area contributed by atoms with Crippen molar-refractivity contribution in [3.63, 3.8) is 0 Å². The minimum atomic E-state index is -0.688. The van der Waals surface area contributed by atoms with Crippen molar-refractivity contribution in [3.05, 3.63) is 66.8 Å². The molecule has 2 aromatic carbocycles. The second-order valence-electron chi connectivity index (χ2n) is 4.16. The van der Waals surface area contributed by atoms with E-state index in [0.29, 0.717) is 6.42 Å². The Morgan fingerprint density at radius 3 is 2.26 bits per heavy atom. The van der Waals surface area contributed by atoms with E-state index in [0.717, 1.165) is 24.5 Å². The molecule has 1 atom stereocenters. The van der Waals surface area contributed by atoms with Crippen LogP contribution < -0.4 is 0 Å². The lowest BCUT2D eigenvalue weighted by atomic mass is 10.0. The summed E-state index contributed by atoms with van der Waals surface area (Å²) < 4.78 is 15.8. The molecular weight excluding hydrogens is 443 g/mol. The lowest BCUT2D eigenvalue weighted by Crippen LogP contribution is -2.03. The number of aliphatic hydroxyl groups is 1. The van der Waals surface area contributed by atoms with Crippen LogP contribution in [0.5, 0.6) is 0 Å². The Labute approximate surface area is 136 Å².